The Hall–Kier alpha value is -3.18. The molecule has 0 heterocycles. The molecule has 0 fully saturated rings. The van der Waals surface area contributed by atoms with E-state index in [0.717, 1.165) is 5.56 Å². The molecule has 0 aliphatic heterocycles. The van der Waals surface area contributed by atoms with Crippen LogP contribution >= 0.6 is 0 Å². The Balaban J connectivity index is 1.85. The summed E-state index contributed by atoms with van der Waals surface area (Å²) >= 11 is 0. The van der Waals surface area contributed by atoms with Gasteiger partial charge in [0.25, 0.3) is 0 Å². The van der Waals surface area contributed by atoms with E-state index in [1.165, 1.54) is 0 Å². The van der Waals surface area contributed by atoms with Gasteiger partial charge in [0.1, 0.15) is 12.7 Å². The van der Waals surface area contributed by atoms with E-state index >= 15 is 0 Å². The molecular weight excluding hydrogens is 368 g/mol. The van der Waals surface area contributed by atoms with Crippen LogP contribution in [0.15, 0.2) is 66.7 Å². The van der Waals surface area contributed by atoms with E-state index in [0.29, 0.717) is 47.3 Å². The highest BCUT2D eigenvalue weighted by Crippen LogP contribution is 2.36. The molecule has 0 radical (unpaired) electrons. The third-order valence-corrected chi connectivity index (χ3v) is 4.54. The Labute approximate surface area is 171 Å². The minimum Gasteiger partial charge on any atom is -0.493 e. The number of methoxy groups -OCH3 is 2. The van der Waals surface area contributed by atoms with Crippen molar-refractivity contribution in [2.24, 2.45) is 0 Å². The summed E-state index contributed by atoms with van der Waals surface area (Å²) in [6, 6.07) is 20.7. The first-order valence-electron chi connectivity index (χ1n) is 9.49. The first-order valence-corrected chi connectivity index (χ1v) is 9.49. The smallest absolute Gasteiger partial charge is 0.162 e. The molecule has 1 unspecified atom stereocenters. The zero-order valence-electron chi connectivity index (χ0n) is 16.9. The van der Waals surface area contributed by atoms with Crippen LogP contribution in [0.5, 0.6) is 23.0 Å². The minimum absolute atomic E-state index is 0.410. The van der Waals surface area contributed by atoms with Crippen molar-refractivity contribution in [2.45, 2.75) is 19.6 Å². The second-order valence-corrected chi connectivity index (χ2v) is 6.43. The monoisotopic (exact) mass is 394 g/mol. The molecule has 3 aromatic rings. The van der Waals surface area contributed by atoms with Gasteiger partial charge in [-0.05, 0) is 47.9 Å². The van der Waals surface area contributed by atoms with Gasteiger partial charge in [0, 0.05) is 0 Å². The van der Waals surface area contributed by atoms with Gasteiger partial charge in [-0.15, -0.1) is 0 Å². The highest BCUT2D eigenvalue weighted by atomic mass is 16.5. The van der Waals surface area contributed by atoms with Crippen LogP contribution in [-0.2, 0) is 6.61 Å². The van der Waals surface area contributed by atoms with E-state index in [2.05, 4.69) is 0 Å². The number of rotatable bonds is 9. The maximum Gasteiger partial charge on any atom is 0.162 e. The largest absolute Gasteiger partial charge is 0.493 e. The number of ether oxygens (including phenoxy) is 4. The molecule has 5 heteroatoms. The maximum absolute atomic E-state index is 10.9. The van der Waals surface area contributed by atoms with Crippen molar-refractivity contribution < 1.29 is 24.1 Å². The molecule has 3 aromatic carbocycles. The second-order valence-electron chi connectivity index (χ2n) is 6.43. The second kappa shape index (κ2) is 9.85. The molecule has 152 valence electrons. The van der Waals surface area contributed by atoms with E-state index in [9.17, 15) is 5.11 Å². The summed E-state index contributed by atoms with van der Waals surface area (Å²) in [7, 11) is 3.19. The molecule has 0 bridgehead atoms. The van der Waals surface area contributed by atoms with Gasteiger partial charge in [0.15, 0.2) is 23.0 Å². The fourth-order valence-electron chi connectivity index (χ4n) is 3.04. The summed E-state index contributed by atoms with van der Waals surface area (Å²) < 4.78 is 22.3. The zero-order valence-corrected chi connectivity index (χ0v) is 16.9. The summed E-state index contributed by atoms with van der Waals surface area (Å²) in [5.41, 5.74) is 2.45. The molecule has 0 aliphatic rings. The fourth-order valence-corrected chi connectivity index (χ4v) is 3.04. The van der Waals surface area contributed by atoms with Crippen LogP contribution in [-0.4, -0.2) is 25.9 Å². The van der Waals surface area contributed by atoms with Crippen molar-refractivity contribution in [3.05, 3.63) is 83.4 Å². The van der Waals surface area contributed by atoms with E-state index in [-0.39, 0.29) is 0 Å². The molecule has 1 atom stereocenters. The number of benzene rings is 3. The molecule has 0 saturated carbocycles. The third kappa shape index (κ3) is 5.00. The molecule has 3 rings (SSSR count). The minimum atomic E-state index is -0.843. The zero-order chi connectivity index (χ0) is 20.6. The Kier molecular flexibility index (Phi) is 6.98. The fraction of sp³-hybridized carbons (Fsp3) is 0.250. The first-order chi connectivity index (χ1) is 14.2. The van der Waals surface area contributed by atoms with Gasteiger partial charge in [-0.3, -0.25) is 0 Å². The van der Waals surface area contributed by atoms with Crippen LogP contribution < -0.4 is 18.9 Å². The van der Waals surface area contributed by atoms with E-state index in [1.807, 2.05) is 49.4 Å². The average molecular weight is 394 g/mol. The molecule has 0 spiro atoms. The molecule has 0 aliphatic carbocycles. The van der Waals surface area contributed by atoms with Crippen LogP contribution in [0.1, 0.15) is 29.7 Å². The summed E-state index contributed by atoms with van der Waals surface area (Å²) in [6.07, 6.45) is -0.843. The molecule has 0 aromatic heterocycles. The lowest BCUT2D eigenvalue weighted by Gasteiger charge is -2.17. The maximum atomic E-state index is 10.9. The summed E-state index contributed by atoms with van der Waals surface area (Å²) in [5, 5.41) is 10.9. The van der Waals surface area contributed by atoms with Gasteiger partial charge in [-0.1, -0.05) is 42.5 Å². The lowest BCUT2D eigenvalue weighted by atomic mass is 10.0. The van der Waals surface area contributed by atoms with Gasteiger partial charge in [0.2, 0.25) is 0 Å². The number of aliphatic hydroxyl groups is 1. The molecule has 5 nitrogen and oxygen atoms in total. The quantitative estimate of drug-likeness (QED) is 0.567. The lowest BCUT2D eigenvalue weighted by molar-refractivity contribution is 0.217. The predicted molar refractivity (Wildman–Crippen MR) is 112 cm³/mol. The molecule has 29 heavy (non-hydrogen) atoms. The van der Waals surface area contributed by atoms with Crippen molar-refractivity contribution in [3.63, 3.8) is 0 Å². The first kappa shape index (κ1) is 20.6. The number of hydrogen-bond donors (Lipinski definition) is 1. The summed E-state index contributed by atoms with van der Waals surface area (Å²) in [6.45, 7) is 2.83. The molecular formula is C24H26O5. The van der Waals surface area contributed by atoms with Crippen molar-refractivity contribution in [1.82, 2.24) is 0 Å². The van der Waals surface area contributed by atoms with Crippen molar-refractivity contribution >= 4 is 0 Å². The lowest BCUT2D eigenvalue weighted by Crippen LogP contribution is -2.04. The van der Waals surface area contributed by atoms with Crippen molar-refractivity contribution in [2.75, 3.05) is 20.8 Å². The number of hydrogen-bond acceptors (Lipinski definition) is 5. The Morgan fingerprint density at radius 3 is 1.79 bits per heavy atom. The van der Waals surface area contributed by atoms with Gasteiger partial charge in [0.05, 0.1) is 20.8 Å². The normalized spacial score (nSPS) is 11.6. The van der Waals surface area contributed by atoms with Crippen LogP contribution in [0.25, 0.3) is 0 Å². The van der Waals surface area contributed by atoms with Crippen LogP contribution in [0.4, 0.5) is 0 Å². The SMILES string of the molecule is CCOc1cc(C(O)c2ccc(OC)c(OCc3ccccc3)c2)ccc1OC. The van der Waals surface area contributed by atoms with E-state index < -0.39 is 6.10 Å². The van der Waals surface area contributed by atoms with E-state index in [1.54, 1.807) is 38.5 Å². The molecule has 0 amide bonds. The third-order valence-electron chi connectivity index (χ3n) is 4.54. The highest BCUT2D eigenvalue weighted by Gasteiger charge is 2.16. The summed E-state index contributed by atoms with van der Waals surface area (Å²) in [5.74, 6) is 2.41. The van der Waals surface area contributed by atoms with Gasteiger partial charge in [-0.25, -0.2) is 0 Å². The Bertz CT molecular complexity index is 924. The highest BCUT2D eigenvalue weighted by molar-refractivity contribution is 5.48. The van der Waals surface area contributed by atoms with Crippen LogP contribution in [0, 0.1) is 0 Å². The topological polar surface area (TPSA) is 57.2 Å². The van der Waals surface area contributed by atoms with Gasteiger partial charge >= 0.3 is 0 Å². The van der Waals surface area contributed by atoms with E-state index in [4.69, 9.17) is 18.9 Å². The summed E-state index contributed by atoms with van der Waals surface area (Å²) in [4.78, 5) is 0. The van der Waals surface area contributed by atoms with Crippen LogP contribution in [0.2, 0.25) is 0 Å². The van der Waals surface area contributed by atoms with Crippen molar-refractivity contribution in [1.29, 1.82) is 0 Å². The molecule has 1 N–H and O–H groups in total. The van der Waals surface area contributed by atoms with Gasteiger partial charge in [-0.2, -0.15) is 0 Å². The molecule has 0 saturated heterocycles. The van der Waals surface area contributed by atoms with Crippen molar-refractivity contribution in [3.8, 4) is 23.0 Å². The van der Waals surface area contributed by atoms with Crippen LogP contribution in [0.3, 0.4) is 0 Å². The predicted octanol–water partition coefficient (Wildman–Crippen LogP) is 4.76. The standard InChI is InChI=1S/C24H26O5/c1-4-28-22-14-18(10-12-20(22)26-2)24(25)19-11-13-21(27-3)23(15-19)29-16-17-8-6-5-7-9-17/h5-15,24-25H,4,16H2,1-3H3. The Morgan fingerprint density at radius 2 is 1.28 bits per heavy atom. The number of aliphatic hydroxyl groups excluding tert-OH is 1. The Morgan fingerprint density at radius 1 is 0.724 bits per heavy atom. The van der Waals surface area contributed by atoms with Gasteiger partial charge < -0.3 is 24.1 Å². The average Bonchev–Trinajstić information content (AvgIpc) is 2.78.